The van der Waals surface area contributed by atoms with Crippen molar-refractivity contribution >= 4 is 22.8 Å². The number of hydrogen-bond donors (Lipinski definition) is 1. The van der Waals surface area contributed by atoms with Crippen LogP contribution in [0.25, 0.3) is 11.0 Å². The van der Waals surface area contributed by atoms with Gasteiger partial charge in [0.05, 0.1) is 11.0 Å². The van der Waals surface area contributed by atoms with E-state index in [1.54, 1.807) is 7.05 Å². The highest BCUT2D eigenvalue weighted by Crippen LogP contribution is 2.17. The number of fused-ring (bicyclic) bond motifs is 1. The predicted molar refractivity (Wildman–Crippen MR) is 82.5 cm³/mol. The number of aromatic nitrogens is 3. The normalized spacial score (nSPS) is 10.8. The molecule has 0 unspecified atom stereocenters. The summed E-state index contributed by atoms with van der Waals surface area (Å²) in [6, 6.07) is 11.4. The number of nitrogens with one attached hydrogen (secondary N) is 1. The van der Waals surface area contributed by atoms with E-state index in [1.807, 2.05) is 50.2 Å². The number of aryl methyl sites for hydroxylation is 2. The monoisotopic (exact) mass is 280 g/mol. The van der Waals surface area contributed by atoms with E-state index in [-0.39, 0.29) is 5.91 Å². The number of imidazole rings is 1. The maximum atomic E-state index is 12.5. The molecule has 0 aliphatic carbocycles. The van der Waals surface area contributed by atoms with Crippen molar-refractivity contribution < 1.29 is 4.79 Å². The molecule has 1 aromatic carbocycles. The molecule has 106 valence electrons. The fraction of sp³-hybridized carbons (Fsp3) is 0.188. The minimum absolute atomic E-state index is 0.205. The van der Waals surface area contributed by atoms with Gasteiger partial charge in [-0.1, -0.05) is 12.1 Å². The van der Waals surface area contributed by atoms with Gasteiger partial charge >= 0.3 is 0 Å². The number of carbonyl (C=O) groups is 1. The van der Waals surface area contributed by atoms with Crippen LogP contribution < -0.4 is 4.90 Å². The van der Waals surface area contributed by atoms with E-state index in [1.165, 1.54) is 4.90 Å². The molecule has 3 rings (SSSR count). The fourth-order valence-corrected chi connectivity index (χ4v) is 2.31. The van der Waals surface area contributed by atoms with E-state index in [4.69, 9.17) is 0 Å². The first-order valence-electron chi connectivity index (χ1n) is 6.73. The first-order chi connectivity index (χ1) is 10.0. The molecule has 1 amide bonds. The minimum atomic E-state index is -0.205. The van der Waals surface area contributed by atoms with E-state index in [9.17, 15) is 4.79 Å². The highest BCUT2D eigenvalue weighted by molar-refractivity contribution is 6.04. The lowest BCUT2D eigenvalue weighted by Gasteiger charge is -2.15. The van der Waals surface area contributed by atoms with E-state index in [0.29, 0.717) is 11.6 Å². The summed E-state index contributed by atoms with van der Waals surface area (Å²) in [5.41, 5.74) is 3.58. The molecule has 0 spiro atoms. The Morgan fingerprint density at radius 2 is 1.90 bits per heavy atom. The van der Waals surface area contributed by atoms with Crippen LogP contribution in [0.2, 0.25) is 0 Å². The number of pyridine rings is 1. The largest absolute Gasteiger partial charge is 0.334 e. The van der Waals surface area contributed by atoms with Gasteiger partial charge in [-0.2, -0.15) is 0 Å². The maximum Gasteiger partial charge on any atom is 0.294 e. The van der Waals surface area contributed by atoms with Gasteiger partial charge in [0.2, 0.25) is 0 Å². The number of anilines is 1. The first kappa shape index (κ1) is 13.3. The van der Waals surface area contributed by atoms with Crippen molar-refractivity contribution in [3.8, 4) is 0 Å². The van der Waals surface area contributed by atoms with E-state index >= 15 is 0 Å². The summed E-state index contributed by atoms with van der Waals surface area (Å²) >= 11 is 0. The highest BCUT2D eigenvalue weighted by Gasteiger charge is 2.18. The third kappa shape index (κ3) is 2.50. The SMILES string of the molecule is Cc1cc(C)nc(N(C)C(=O)c2nc3ccccc3[nH]2)c1. The molecule has 0 aliphatic rings. The van der Waals surface area contributed by atoms with Crippen LogP contribution in [0.4, 0.5) is 5.82 Å². The Labute approximate surface area is 122 Å². The number of amides is 1. The number of hydrogen-bond acceptors (Lipinski definition) is 3. The van der Waals surface area contributed by atoms with Crippen LogP contribution in [0.15, 0.2) is 36.4 Å². The zero-order valence-corrected chi connectivity index (χ0v) is 12.2. The molecule has 3 aromatic rings. The topological polar surface area (TPSA) is 61.9 Å². The maximum absolute atomic E-state index is 12.5. The van der Waals surface area contributed by atoms with E-state index < -0.39 is 0 Å². The van der Waals surface area contributed by atoms with Crippen molar-refractivity contribution in [1.29, 1.82) is 0 Å². The average molecular weight is 280 g/mol. The number of aromatic amines is 1. The third-order valence-electron chi connectivity index (χ3n) is 3.32. The summed E-state index contributed by atoms with van der Waals surface area (Å²) in [5.74, 6) is 0.737. The number of carbonyl (C=O) groups excluding carboxylic acids is 1. The molecule has 2 aromatic heterocycles. The van der Waals surface area contributed by atoms with E-state index in [2.05, 4.69) is 15.0 Å². The van der Waals surface area contributed by atoms with Crippen LogP contribution in [-0.4, -0.2) is 27.9 Å². The predicted octanol–water partition coefficient (Wildman–Crippen LogP) is 2.85. The Balaban J connectivity index is 1.96. The molecule has 2 heterocycles. The lowest BCUT2D eigenvalue weighted by molar-refractivity contribution is 0.0983. The van der Waals surface area contributed by atoms with E-state index in [0.717, 1.165) is 22.3 Å². The van der Waals surface area contributed by atoms with Crippen molar-refractivity contribution in [3.63, 3.8) is 0 Å². The molecular weight excluding hydrogens is 264 g/mol. The Bertz CT molecular complexity index is 769. The van der Waals surface area contributed by atoms with Gasteiger partial charge in [-0.3, -0.25) is 9.69 Å². The van der Waals surface area contributed by atoms with Gasteiger partial charge in [0.15, 0.2) is 5.82 Å². The quantitative estimate of drug-likeness (QED) is 0.785. The van der Waals surface area contributed by atoms with Crippen molar-refractivity contribution in [2.75, 3.05) is 11.9 Å². The second kappa shape index (κ2) is 5.01. The molecule has 5 nitrogen and oxygen atoms in total. The molecule has 0 fully saturated rings. The second-order valence-electron chi connectivity index (χ2n) is 5.11. The minimum Gasteiger partial charge on any atom is -0.334 e. The van der Waals surface area contributed by atoms with Crippen LogP contribution in [0, 0.1) is 13.8 Å². The Morgan fingerprint density at radius 1 is 1.14 bits per heavy atom. The summed E-state index contributed by atoms with van der Waals surface area (Å²) in [4.78, 5) is 25.8. The Kier molecular flexibility index (Phi) is 3.17. The molecule has 0 saturated carbocycles. The highest BCUT2D eigenvalue weighted by atomic mass is 16.2. The van der Waals surface area contributed by atoms with Crippen molar-refractivity contribution in [3.05, 3.63) is 53.5 Å². The first-order valence-corrected chi connectivity index (χ1v) is 6.73. The molecule has 0 atom stereocenters. The van der Waals surface area contributed by atoms with Gasteiger partial charge in [0.1, 0.15) is 5.82 Å². The third-order valence-corrected chi connectivity index (χ3v) is 3.32. The number of rotatable bonds is 2. The smallest absolute Gasteiger partial charge is 0.294 e. The number of H-pyrrole nitrogens is 1. The second-order valence-corrected chi connectivity index (χ2v) is 5.11. The summed E-state index contributed by atoms with van der Waals surface area (Å²) < 4.78 is 0. The van der Waals surface area contributed by atoms with Crippen LogP contribution in [0.5, 0.6) is 0 Å². The van der Waals surface area contributed by atoms with Gasteiger partial charge in [-0.15, -0.1) is 0 Å². The van der Waals surface area contributed by atoms with Crippen molar-refractivity contribution in [2.45, 2.75) is 13.8 Å². The zero-order valence-electron chi connectivity index (χ0n) is 12.2. The van der Waals surface area contributed by atoms with Gasteiger partial charge < -0.3 is 4.98 Å². The molecular formula is C16H16N4O. The molecule has 0 aliphatic heterocycles. The summed E-state index contributed by atoms with van der Waals surface area (Å²) in [7, 11) is 1.71. The Morgan fingerprint density at radius 3 is 2.62 bits per heavy atom. The molecule has 0 saturated heterocycles. The van der Waals surface area contributed by atoms with Crippen molar-refractivity contribution in [2.24, 2.45) is 0 Å². The van der Waals surface area contributed by atoms with Gasteiger partial charge in [0, 0.05) is 12.7 Å². The number of para-hydroxylation sites is 2. The fourth-order valence-electron chi connectivity index (χ4n) is 2.31. The summed E-state index contributed by atoms with van der Waals surface area (Å²) in [5, 5.41) is 0. The van der Waals surface area contributed by atoms with Gasteiger partial charge in [-0.05, 0) is 43.7 Å². The Hall–Kier alpha value is -2.69. The summed E-state index contributed by atoms with van der Waals surface area (Å²) in [6.07, 6.45) is 0. The van der Waals surface area contributed by atoms with Crippen LogP contribution >= 0.6 is 0 Å². The van der Waals surface area contributed by atoms with Gasteiger partial charge in [0.25, 0.3) is 5.91 Å². The lowest BCUT2D eigenvalue weighted by Crippen LogP contribution is -2.28. The number of benzene rings is 1. The molecule has 0 radical (unpaired) electrons. The van der Waals surface area contributed by atoms with Crippen molar-refractivity contribution in [1.82, 2.24) is 15.0 Å². The molecule has 1 N–H and O–H groups in total. The molecule has 0 bridgehead atoms. The number of nitrogens with zero attached hydrogens (tertiary/aromatic N) is 3. The lowest BCUT2D eigenvalue weighted by atomic mass is 10.2. The summed E-state index contributed by atoms with van der Waals surface area (Å²) in [6.45, 7) is 3.90. The van der Waals surface area contributed by atoms with Gasteiger partial charge in [-0.25, -0.2) is 9.97 Å². The molecule has 21 heavy (non-hydrogen) atoms. The average Bonchev–Trinajstić information content (AvgIpc) is 2.88. The molecule has 5 heteroatoms. The standard InChI is InChI=1S/C16H16N4O/c1-10-8-11(2)17-14(9-10)20(3)16(21)15-18-12-6-4-5-7-13(12)19-15/h4-9H,1-3H3,(H,18,19). The van der Waals surface area contributed by atoms with Crippen LogP contribution in [-0.2, 0) is 0 Å². The van der Waals surface area contributed by atoms with Crippen LogP contribution in [0.3, 0.4) is 0 Å². The zero-order chi connectivity index (χ0) is 15.0. The van der Waals surface area contributed by atoms with Crippen LogP contribution in [0.1, 0.15) is 21.9 Å².